The molecule has 3 aromatic carbocycles. The van der Waals surface area contributed by atoms with Gasteiger partial charge in [0.1, 0.15) is 23.9 Å². The summed E-state index contributed by atoms with van der Waals surface area (Å²) in [5.74, 6) is 0.159. The van der Waals surface area contributed by atoms with Crippen LogP contribution < -0.4 is 10.1 Å². The maximum atomic E-state index is 14.0. The van der Waals surface area contributed by atoms with Crippen LogP contribution in [0.2, 0.25) is 0 Å². The molecule has 1 atom stereocenters. The Morgan fingerprint density at radius 2 is 1.68 bits per heavy atom. The number of para-hydroxylation sites is 1. The summed E-state index contributed by atoms with van der Waals surface area (Å²) in [6, 6.07) is 21.8. The minimum absolute atomic E-state index is 0.0537. The van der Waals surface area contributed by atoms with Crippen LogP contribution in [0.3, 0.4) is 0 Å². The number of amides is 2. The normalized spacial score (nSPS) is 12.2. The molecule has 0 radical (unpaired) electrons. The van der Waals surface area contributed by atoms with Gasteiger partial charge in [-0.2, -0.15) is 0 Å². The summed E-state index contributed by atoms with van der Waals surface area (Å²) in [5, 5.41) is 11.4. The van der Waals surface area contributed by atoms with Gasteiger partial charge in [0.2, 0.25) is 11.8 Å². The molecule has 0 saturated carbocycles. The molecule has 2 amide bonds. The molecule has 0 saturated heterocycles. The zero-order valence-corrected chi connectivity index (χ0v) is 21.9. The van der Waals surface area contributed by atoms with Crippen molar-refractivity contribution < 1.29 is 14.3 Å². The predicted octanol–water partition coefficient (Wildman–Crippen LogP) is 4.43. The Kier molecular flexibility index (Phi) is 7.57. The first-order chi connectivity index (χ1) is 17.6. The summed E-state index contributed by atoms with van der Waals surface area (Å²) in [6.45, 7) is 7.97. The second-order valence-electron chi connectivity index (χ2n) is 10.2. The van der Waals surface area contributed by atoms with Crippen LogP contribution in [-0.2, 0) is 22.7 Å². The lowest BCUT2D eigenvalue weighted by Gasteiger charge is -2.34. The SMILES string of the molecule is COc1ccc([C@H](C(=O)NC(C)(C)C)N(Cc2ccc(C)cc2)C(=O)Cn2nnc3ccccc32)cc1. The number of nitrogens with one attached hydrogen (secondary N) is 1. The van der Waals surface area contributed by atoms with Gasteiger partial charge in [-0.05, 0) is 63.1 Å². The lowest BCUT2D eigenvalue weighted by molar-refractivity contribution is -0.142. The second kappa shape index (κ2) is 10.8. The smallest absolute Gasteiger partial charge is 0.247 e. The molecule has 0 aliphatic heterocycles. The highest BCUT2D eigenvalue weighted by Gasteiger charge is 2.33. The van der Waals surface area contributed by atoms with Gasteiger partial charge in [0.05, 0.1) is 12.6 Å². The summed E-state index contributed by atoms with van der Waals surface area (Å²) in [7, 11) is 1.59. The second-order valence-corrected chi connectivity index (χ2v) is 10.2. The van der Waals surface area contributed by atoms with E-state index in [1.54, 1.807) is 28.8 Å². The molecule has 4 aromatic rings. The first-order valence-corrected chi connectivity index (χ1v) is 12.2. The molecule has 1 N–H and O–H groups in total. The van der Waals surface area contributed by atoms with Crippen molar-refractivity contribution in [1.82, 2.24) is 25.2 Å². The number of carbonyl (C=O) groups excluding carboxylic acids is 2. The van der Waals surface area contributed by atoms with Crippen molar-refractivity contribution >= 4 is 22.8 Å². The van der Waals surface area contributed by atoms with E-state index in [-0.39, 0.29) is 24.9 Å². The Morgan fingerprint density at radius 1 is 1.00 bits per heavy atom. The molecular formula is C29H33N5O3. The highest BCUT2D eigenvalue weighted by Crippen LogP contribution is 2.27. The maximum Gasteiger partial charge on any atom is 0.247 e. The van der Waals surface area contributed by atoms with Gasteiger partial charge in [0, 0.05) is 12.1 Å². The van der Waals surface area contributed by atoms with Gasteiger partial charge in [-0.15, -0.1) is 5.10 Å². The van der Waals surface area contributed by atoms with Gasteiger partial charge in [-0.1, -0.05) is 59.3 Å². The molecular weight excluding hydrogens is 466 g/mol. The van der Waals surface area contributed by atoms with E-state index in [1.807, 2.05) is 88.4 Å². The van der Waals surface area contributed by atoms with Crippen LogP contribution in [0.25, 0.3) is 11.0 Å². The van der Waals surface area contributed by atoms with Crippen molar-refractivity contribution in [2.45, 2.75) is 52.4 Å². The number of hydrogen-bond donors (Lipinski definition) is 1. The molecule has 8 heteroatoms. The van der Waals surface area contributed by atoms with Gasteiger partial charge in [-0.25, -0.2) is 4.68 Å². The maximum absolute atomic E-state index is 14.0. The number of aromatic nitrogens is 3. The summed E-state index contributed by atoms with van der Waals surface area (Å²) in [6.07, 6.45) is 0. The van der Waals surface area contributed by atoms with Crippen molar-refractivity contribution in [3.63, 3.8) is 0 Å². The zero-order chi connectivity index (χ0) is 26.6. The molecule has 0 aliphatic carbocycles. The van der Waals surface area contributed by atoms with E-state index in [0.717, 1.165) is 16.6 Å². The molecule has 37 heavy (non-hydrogen) atoms. The van der Waals surface area contributed by atoms with Gasteiger partial charge < -0.3 is 15.0 Å². The molecule has 0 aliphatic rings. The van der Waals surface area contributed by atoms with Gasteiger partial charge >= 0.3 is 0 Å². The van der Waals surface area contributed by atoms with Crippen molar-refractivity contribution in [3.8, 4) is 5.75 Å². The van der Waals surface area contributed by atoms with Crippen molar-refractivity contribution in [2.75, 3.05) is 7.11 Å². The Bertz CT molecular complexity index is 1370. The third-order valence-electron chi connectivity index (χ3n) is 5.99. The molecule has 0 unspecified atom stereocenters. The molecule has 1 heterocycles. The number of nitrogens with zero attached hydrogens (tertiary/aromatic N) is 4. The number of methoxy groups -OCH3 is 1. The first kappa shape index (κ1) is 25.9. The number of aryl methyl sites for hydroxylation is 1. The minimum atomic E-state index is -0.867. The van der Waals surface area contributed by atoms with Crippen LogP contribution >= 0.6 is 0 Å². The predicted molar refractivity (Wildman–Crippen MR) is 143 cm³/mol. The van der Waals surface area contributed by atoms with Gasteiger partial charge in [-0.3, -0.25) is 9.59 Å². The number of ether oxygens (including phenoxy) is 1. The van der Waals surface area contributed by atoms with Crippen LogP contribution in [0.15, 0.2) is 72.8 Å². The van der Waals surface area contributed by atoms with E-state index in [0.29, 0.717) is 16.8 Å². The molecule has 192 valence electrons. The van der Waals surface area contributed by atoms with Crippen LogP contribution in [0.1, 0.15) is 43.5 Å². The van der Waals surface area contributed by atoms with Crippen LogP contribution in [0.5, 0.6) is 5.75 Å². The molecule has 0 fully saturated rings. The lowest BCUT2D eigenvalue weighted by atomic mass is 10.0. The highest BCUT2D eigenvalue weighted by atomic mass is 16.5. The molecule has 0 spiro atoms. The summed E-state index contributed by atoms with van der Waals surface area (Å²) >= 11 is 0. The number of hydrogen-bond acceptors (Lipinski definition) is 5. The number of carbonyl (C=O) groups is 2. The average Bonchev–Trinajstić information content (AvgIpc) is 3.27. The van der Waals surface area contributed by atoms with E-state index < -0.39 is 11.6 Å². The van der Waals surface area contributed by atoms with Crippen LogP contribution in [0.4, 0.5) is 0 Å². The Morgan fingerprint density at radius 3 is 2.32 bits per heavy atom. The van der Waals surface area contributed by atoms with Crippen molar-refractivity contribution in [1.29, 1.82) is 0 Å². The zero-order valence-electron chi connectivity index (χ0n) is 21.9. The Hall–Kier alpha value is -4.20. The summed E-state index contributed by atoms with van der Waals surface area (Å²) in [5.41, 5.74) is 3.70. The van der Waals surface area contributed by atoms with E-state index in [4.69, 9.17) is 4.74 Å². The lowest BCUT2D eigenvalue weighted by Crippen LogP contribution is -2.49. The molecule has 8 nitrogen and oxygen atoms in total. The fourth-order valence-electron chi connectivity index (χ4n) is 4.16. The van der Waals surface area contributed by atoms with Gasteiger partial charge in [0.25, 0.3) is 0 Å². The first-order valence-electron chi connectivity index (χ1n) is 12.2. The fourth-order valence-corrected chi connectivity index (χ4v) is 4.16. The highest BCUT2D eigenvalue weighted by molar-refractivity contribution is 5.89. The van der Waals surface area contributed by atoms with Crippen LogP contribution in [0, 0.1) is 6.92 Å². The molecule has 0 bridgehead atoms. The van der Waals surface area contributed by atoms with Crippen molar-refractivity contribution in [3.05, 3.63) is 89.5 Å². The Balaban J connectivity index is 1.76. The fraction of sp³-hybridized carbons (Fsp3) is 0.310. The molecule has 1 aromatic heterocycles. The van der Waals surface area contributed by atoms with E-state index in [2.05, 4.69) is 15.6 Å². The number of fused-ring (bicyclic) bond motifs is 1. The third-order valence-corrected chi connectivity index (χ3v) is 5.99. The summed E-state index contributed by atoms with van der Waals surface area (Å²) in [4.78, 5) is 29.3. The largest absolute Gasteiger partial charge is 0.497 e. The van der Waals surface area contributed by atoms with E-state index >= 15 is 0 Å². The topological polar surface area (TPSA) is 89.4 Å². The standard InChI is InChI=1S/C29H33N5O3/c1-20-10-12-21(13-11-20)18-33(26(35)19-34-25-9-7-6-8-24(25)31-32-34)27(28(36)30-29(2,3)4)22-14-16-23(37-5)17-15-22/h6-17,27H,18-19H2,1-5H3,(H,30,36)/t27-/m1/s1. The Labute approximate surface area is 217 Å². The molecule has 4 rings (SSSR count). The monoisotopic (exact) mass is 499 g/mol. The van der Waals surface area contributed by atoms with E-state index in [1.165, 1.54) is 0 Å². The summed E-state index contributed by atoms with van der Waals surface area (Å²) < 4.78 is 6.89. The minimum Gasteiger partial charge on any atom is -0.497 e. The number of benzene rings is 3. The van der Waals surface area contributed by atoms with E-state index in [9.17, 15) is 9.59 Å². The third kappa shape index (κ3) is 6.33. The van der Waals surface area contributed by atoms with Gasteiger partial charge in [0.15, 0.2) is 0 Å². The average molecular weight is 500 g/mol. The van der Waals surface area contributed by atoms with Crippen molar-refractivity contribution in [2.24, 2.45) is 0 Å². The quantitative estimate of drug-likeness (QED) is 0.387. The van der Waals surface area contributed by atoms with Crippen LogP contribution in [-0.4, -0.2) is 44.4 Å². The number of rotatable bonds is 8.